The van der Waals surface area contributed by atoms with Crippen molar-refractivity contribution in [3.8, 4) is 5.88 Å². The molecule has 34 heavy (non-hydrogen) atoms. The fraction of sp³-hybridized carbons (Fsp3) is 0.519. The standard InChI is InChI=1S/C27H33N3O3S/c31-22-18-26(32)30(34)27(19-22,20-12-14-21(15-13-20)29-16-5-2-6-17-29)24-10-7-11-25(28-24)33-23-8-3-1-4-9-23/h7,10-15,23,34H,1-6,8-9,16-19H2. The fourth-order valence-corrected chi connectivity index (χ4v) is 5.97. The molecule has 0 spiro atoms. The van der Waals surface area contributed by atoms with Crippen LogP contribution in [0.15, 0.2) is 42.5 Å². The number of hydrogen-bond acceptors (Lipinski definition) is 6. The summed E-state index contributed by atoms with van der Waals surface area (Å²) in [6.45, 7) is 2.12. The Morgan fingerprint density at radius 2 is 1.62 bits per heavy atom. The summed E-state index contributed by atoms with van der Waals surface area (Å²) >= 11 is 4.63. The second-order valence-electron chi connectivity index (χ2n) is 9.79. The number of thiol groups is 1. The molecular weight excluding hydrogens is 446 g/mol. The monoisotopic (exact) mass is 479 g/mol. The van der Waals surface area contributed by atoms with E-state index in [2.05, 4.69) is 29.8 Å². The number of hydrogen-bond donors (Lipinski definition) is 1. The summed E-state index contributed by atoms with van der Waals surface area (Å²) in [5.41, 5.74) is 1.55. The number of carbonyl (C=O) groups is 2. The number of nitrogens with zero attached hydrogens (tertiary/aromatic N) is 3. The molecule has 3 heterocycles. The number of anilines is 1. The van der Waals surface area contributed by atoms with Crippen molar-refractivity contribution in [2.45, 2.75) is 75.9 Å². The number of carbonyl (C=O) groups excluding carboxylic acids is 2. The predicted molar refractivity (Wildman–Crippen MR) is 135 cm³/mol. The van der Waals surface area contributed by atoms with Crippen LogP contribution in [0.5, 0.6) is 5.88 Å². The molecule has 7 heteroatoms. The van der Waals surface area contributed by atoms with Gasteiger partial charge in [-0.15, -0.1) is 0 Å². The second kappa shape index (κ2) is 9.98. The SMILES string of the molecule is O=C1CC(=O)N(S)C(c2ccc(N3CCCCC3)cc2)(c2cccc(OC3CCCCC3)n2)C1. The Hall–Kier alpha value is -2.54. The van der Waals surface area contributed by atoms with Crippen LogP contribution >= 0.6 is 12.8 Å². The number of ketones is 1. The Balaban J connectivity index is 1.51. The van der Waals surface area contributed by atoms with Crippen molar-refractivity contribution < 1.29 is 14.3 Å². The smallest absolute Gasteiger partial charge is 0.240 e. The van der Waals surface area contributed by atoms with E-state index in [1.165, 1.54) is 48.5 Å². The molecule has 0 radical (unpaired) electrons. The summed E-state index contributed by atoms with van der Waals surface area (Å²) in [6.07, 6.45) is 9.53. The van der Waals surface area contributed by atoms with E-state index < -0.39 is 5.54 Å². The van der Waals surface area contributed by atoms with Crippen LogP contribution in [-0.4, -0.2) is 40.2 Å². The number of piperidine rings is 2. The number of ether oxygens (including phenoxy) is 1. The van der Waals surface area contributed by atoms with E-state index in [-0.39, 0.29) is 30.6 Å². The second-order valence-corrected chi connectivity index (χ2v) is 10.2. The molecule has 2 aromatic rings. The van der Waals surface area contributed by atoms with Gasteiger partial charge in [0.2, 0.25) is 11.8 Å². The number of aromatic nitrogens is 1. The molecule has 1 atom stereocenters. The van der Waals surface area contributed by atoms with Gasteiger partial charge in [0, 0.05) is 31.3 Å². The van der Waals surface area contributed by atoms with E-state index in [9.17, 15) is 9.59 Å². The first-order chi connectivity index (χ1) is 16.6. The average molecular weight is 480 g/mol. The molecule has 1 aromatic heterocycles. The zero-order valence-electron chi connectivity index (χ0n) is 19.6. The minimum atomic E-state index is -1.07. The van der Waals surface area contributed by atoms with Crippen molar-refractivity contribution in [3.63, 3.8) is 0 Å². The van der Waals surface area contributed by atoms with Crippen LogP contribution in [0.2, 0.25) is 0 Å². The van der Waals surface area contributed by atoms with Crippen LogP contribution in [-0.2, 0) is 15.1 Å². The summed E-state index contributed by atoms with van der Waals surface area (Å²) in [5, 5.41) is 0. The van der Waals surface area contributed by atoms with E-state index in [4.69, 9.17) is 9.72 Å². The average Bonchev–Trinajstić information content (AvgIpc) is 2.88. The maximum absolute atomic E-state index is 12.8. The highest BCUT2D eigenvalue weighted by atomic mass is 32.1. The van der Waals surface area contributed by atoms with Crippen molar-refractivity contribution in [2.24, 2.45) is 0 Å². The van der Waals surface area contributed by atoms with Gasteiger partial charge < -0.3 is 9.64 Å². The molecule has 2 saturated heterocycles. The number of pyridine rings is 1. The molecule has 1 unspecified atom stereocenters. The van der Waals surface area contributed by atoms with Crippen LogP contribution in [0, 0.1) is 0 Å². The quantitative estimate of drug-likeness (QED) is 0.480. The first-order valence-electron chi connectivity index (χ1n) is 12.6. The first kappa shape index (κ1) is 23.2. The van der Waals surface area contributed by atoms with Gasteiger partial charge >= 0.3 is 0 Å². The molecule has 0 N–H and O–H groups in total. The summed E-state index contributed by atoms with van der Waals surface area (Å²) in [7, 11) is 0. The highest BCUT2D eigenvalue weighted by Crippen LogP contribution is 2.44. The minimum Gasteiger partial charge on any atom is -0.474 e. The Morgan fingerprint density at radius 1 is 0.912 bits per heavy atom. The third-order valence-corrected chi connectivity index (χ3v) is 8.02. The number of Topliss-reactive ketones (excluding diaryl/α,β-unsaturated/α-hetero) is 1. The molecule has 6 nitrogen and oxygen atoms in total. The van der Waals surface area contributed by atoms with Gasteiger partial charge in [-0.3, -0.25) is 13.9 Å². The maximum atomic E-state index is 12.8. The molecule has 1 aliphatic carbocycles. The minimum absolute atomic E-state index is 0.101. The van der Waals surface area contributed by atoms with Crippen molar-refractivity contribution in [1.29, 1.82) is 0 Å². The van der Waals surface area contributed by atoms with Gasteiger partial charge in [0.25, 0.3) is 0 Å². The summed E-state index contributed by atoms with van der Waals surface area (Å²) in [4.78, 5) is 32.8. The molecule has 1 saturated carbocycles. The molecule has 2 aliphatic heterocycles. The van der Waals surface area contributed by atoms with Crippen LogP contribution in [0.1, 0.15) is 75.5 Å². The normalized spacial score (nSPS) is 24.4. The molecule has 5 rings (SSSR count). The lowest BCUT2D eigenvalue weighted by Gasteiger charge is -2.43. The highest BCUT2D eigenvalue weighted by molar-refractivity contribution is 7.78. The largest absolute Gasteiger partial charge is 0.474 e. The summed E-state index contributed by atoms with van der Waals surface area (Å²) in [5.74, 6) is 0.136. The van der Waals surface area contributed by atoms with Crippen LogP contribution in [0.3, 0.4) is 0 Å². The summed E-state index contributed by atoms with van der Waals surface area (Å²) in [6, 6.07) is 13.9. The van der Waals surface area contributed by atoms with Gasteiger partial charge in [-0.1, -0.05) is 37.4 Å². The zero-order valence-corrected chi connectivity index (χ0v) is 20.5. The lowest BCUT2D eigenvalue weighted by molar-refractivity contribution is -0.140. The lowest BCUT2D eigenvalue weighted by Crippen LogP contribution is -2.51. The van der Waals surface area contributed by atoms with Gasteiger partial charge in [0.15, 0.2) is 0 Å². The van der Waals surface area contributed by atoms with Gasteiger partial charge in [-0.05, 0) is 68.7 Å². The number of rotatable bonds is 5. The van der Waals surface area contributed by atoms with Gasteiger partial charge in [-0.2, -0.15) is 0 Å². The van der Waals surface area contributed by atoms with Gasteiger partial charge in [-0.25, -0.2) is 4.98 Å². The number of benzene rings is 1. The third kappa shape index (κ3) is 4.54. The lowest BCUT2D eigenvalue weighted by atomic mass is 9.78. The molecule has 0 bridgehead atoms. The van der Waals surface area contributed by atoms with Crippen molar-refractivity contribution in [2.75, 3.05) is 18.0 Å². The molecule has 180 valence electrons. The Morgan fingerprint density at radius 3 is 2.35 bits per heavy atom. The van der Waals surface area contributed by atoms with Crippen LogP contribution in [0.4, 0.5) is 5.69 Å². The number of amides is 1. The van der Waals surface area contributed by atoms with Gasteiger partial charge in [0.1, 0.15) is 17.4 Å². The summed E-state index contributed by atoms with van der Waals surface area (Å²) < 4.78 is 7.64. The van der Waals surface area contributed by atoms with Crippen molar-refractivity contribution in [3.05, 3.63) is 53.7 Å². The fourth-order valence-electron chi connectivity index (χ4n) is 5.62. The molecule has 3 aliphatic rings. The Kier molecular flexibility index (Phi) is 6.82. The highest BCUT2D eigenvalue weighted by Gasteiger charge is 2.49. The molecule has 3 fully saturated rings. The van der Waals surface area contributed by atoms with E-state index in [0.29, 0.717) is 11.6 Å². The third-order valence-electron chi connectivity index (χ3n) is 7.45. The Labute approximate surface area is 207 Å². The van der Waals surface area contributed by atoms with Crippen LogP contribution < -0.4 is 9.64 Å². The van der Waals surface area contributed by atoms with Gasteiger partial charge in [0.05, 0.1) is 12.1 Å². The molecule has 1 amide bonds. The van der Waals surface area contributed by atoms with E-state index in [1.54, 1.807) is 0 Å². The predicted octanol–water partition coefficient (Wildman–Crippen LogP) is 5.06. The van der Waals surface area contributed by atoms with E-state index >= 15 is 0 Å². The maximum Gasteiger partial charge on any atom is 0.240 e. The first-order valence-corrected chi connectivity index (χ1v) is 13.0. The molecular formula is C27H33N3O3S. The van der Waals surface area contributed by atoms with Crippen LogP contribution in [0.25, 0.3) is 0 Å². The Bertz CT molecular complexity index is 1030. The zero-order chi connectivity index (χ0) is 23.5. The molecule has 1 aromatic carbocycles. The topological polar surface area (TPSA) is 62.7 Å². The van der Waals surface area contributed by atoms with Crippen molar-refractivity contribution >= 4 is 30.2 Å². The van der Waals surface area contributed by atoms with Crippen molar-refractivity contribution in [1.82, 2.24) is 9.29 Å². The van der Waals surface area contributed by atoms with E-state index in [1.807, 2.05) is 30.3 Å². The van der Waals surface area contributed by atoms with E-state index in [0.717, 1.165) is 31.5 Å².